The van der Waals surface area contributed by atoms with Gasteiger partial charge in [0.15, 0.2) is 0 Å². The van der Waals surface area contributed by atoms with E-state index in [4.69, 9.17) is 0 Å². The van der Waals surface area contributed by atoms with Crippen molar-refractivity contribution in [1.29, 1.82) is 0 Å². The molecule has 1 aromatic heterocycles. The van der Waals surface area contributed by atoms with E-state index in [0.717, 1.165) is 32.2 Å². The second-order valence-corrected chi connectivity index (χ2v) is 7.16. The van der Waals surface area contributed by atoms with Gasteiger partial charge in [0.25, 0.3) is 0 Å². The fourth-order valence-electron chi connectivity index (χ4n) is 3.37. The highest BCUT2D eigenvalue weighted by atomic mass is 79.9. The van der Waals surface area contributed by atoms with Crippen LogP contribution in [-0.4, -0.2) is 15.5 Å². The van der Waals surface area contributed by atoms with Gasteiger partial charge in [0.05, 0.1) is 5.70 Å². The van der Waals surface area contributed by atoms with E-state index in [0.29, 0.717) is 0 Å². The molecule has 0 bridgehead atoms. The maximum Gasteiger partial charge on any atom is 0.238 e. The predicted molar refractivity (Wildman–Crippen MR) is 103 cm³/mol. The van der Waals surface area contributed by atoms with Crippen LogP contribution in [-0.2, 0) is 11.8 Å². The van der Waals surface area contributed by atoms with Crippen molar-refractivity contribution in [2.24, 2.45) is 7.05 Å². The number of carbonyl (C=O) groups is 1. The van der Waals surface area contributed by atoms with Gasteiger partial charge in [0.1, 0.15) is 6.04 Å². The van der Waals surface area contributed by atoms with Gasteiger partial charge in [-0.2, -0.15) is 0 Å². The van der Waals surface area contributed by atoms with Crippen molar-refractivity contribution >= 4 is 38.4 Å². The van der Waals surface area contributed by atoms with Crippen LogP contribution in [0.1, 0.15) is 24.1 Å². The van der Waals surface area contributed by atoms with Crippen LogP contribution in [0.15, 0.2) is 65.3 Å². The molecule has 0 fully saturated rings. The summed E-state index contributed by atoms with van der Waals surface area (Å²) < 4.78 is 3.14. The van der Waals surface area contributed by atoms with Crippen molar-refractivity contribution in [2.75, 3.05) is 0 Å². The number of rotatable bonds is 2. The van der Waals surface area contributed by atoms with Crippen molar-refractivity contribution in [2.45, 2.75) is 13.0 Å². The monoisotopic (exact) mass is 395 g/mol. The second-order valence-electron chi connectivity index (χ2n) is 6.25. The third kappa shape index (κ3) is 2.74. The number of aromatic nitrogens is 1. The lowest BCUT2D eigenvalue weighted by atomic mass is 10.0. The quantitative estimate of drug-likeness (QED) is 0.698. The molecule has 2 heterocycles. The van der Waals surface area contributed by atoms with Gasteiger partial charge in [-0.1, -0.05) is 46.3 Å². The van der Waals surface area contributed by atoms with Gasteiger partial charge in [0, 0.05) is 41.1 Å². The number of hydrogen-bond acceptors (Lipinski definition) is 2. The lowest BCUT2D eigenvalue weighted by molar-refractivity contribution is -0.132. The van der Waals surface area contributed by atoms with Crippen LogP contribution in [0.5, 0.6) is 0 Å². The fourth-order valence-corrected chi connectivity index (χ4v) is 3.64. The average molecular weight is 396 g/mol. The third-order valence-electron chi connectivity index (χ3n) is 4.58. The normalized spacial score (nSPS) is 16.8. The van der Waals surface area contributed by atoms with E-state index < -0.39 is 0 Å². The zero-order chi connectivity index (χ0) is 17.6. The number of fused-ring (bicyclic) bond motifs is 1. The van der Waals surface area contributed by atoms with Gasteiger partial charge >= 0.3 is 0 Å². The largest absolute Gasteiger partial charge is 0.350 e. The van der Waals surface area contributed by atoms with Crippen molar-refractivity contribution in [1.82, 2.24) is 15.0 Å². The number of para-hydroxylation sites is 1. The summed E-state index contributed by atoms with van der Waals surface area (Å²) in [4.78, 5) is 12.2. The Morgan fingerprint density at radius 3 is 2.56 bits per heavy atom. The maximum atomic E-state index is 12.2. The lowest BCUT2D eigenvalue weighted by Gasteiger charge is -2.23. The Hall–Kier alpha value is -2.53. The molecule has 0 saturated heterocycles. The lowest BCUT2D eigenvalue weighted by Crippen LogP contribution is -2.37. The first-order valence-electron chi connectivity index (χ1n) is 8.13. The van der Waals surface area contributed by atoms with Gasteiger partial charge in [-0.05, 0) is 29.8 Å². The van der Waals surface area contributed by atoms with Crippen LogP contribution in [0.3, 0.4) is 0 Å². The van der Waals surface area contributed by atoms with Gasteiger partial charge in [-0.3, -0.25) is 10.2 Å². The fraction of sp³-hybridized carbons (Fsp3) is 0.150. The summed E-state index contributed by atoms with van der Waals surface area (Å²) in [5.74, 6) is -0.0127. The first-order valence-corrected chi connectivity index (χ1v) is 8.92. The molecule has 0 spiro atoms. The SMILES string of the molecule is CC(=O)N1NC(c2ccc(Br)cc2)=C[C@H]1c1cn(C)c2ccccc12. The zero-order valence-corrected chi connectivity index (χ0v) is 15.6. The van der Waals surface area contributed by atoms with Gasteiger partial charge < -0.3 is 4.57 Å². The van der Waals surface area contributed by atoms with Crippen LogP contribution in [0.2, 0.25) is 0 Å². The first kappa shape index (κ1) is 16.0. The standard InChI is InChI=1S/C20H18BrN3O/c1-13(25)24-20(11-18(22-24)14-7-9-15(21)10-8-14)17-12-23(2)19-6-4-3-5-16(17)19/h3-12,20,22H,1-2H3/t20-/m0/s1. The van der Waals surface area contributed by atoms with Crippen molar-refractivity contribution in [3.05, 3.63) is 76.4 Å². The van der Waals surface area contributed by atoms with Crippen LogP contribution in [0, 0.1) is 0 Å². The summed E-state index contributed by atoms with van der Waals surface area (Å²) in [6, 6.07) is 16.2. The van der Waals surface area contributed by atoms with Crippen molar-refractivity contribution < 1.29 is 4.79 Å². The molecule has 0 radical (unpaired) electrons. The minimum Gasteiger partial charge on any atom is -0.350 e. The Bertz CT molecular complexity index is 988. The smallest absolute Gasteiger partial charge is 0.238 e. The maximum absolute atomic E-state index is 12.2. The Morgan fingerprint density at radius 2 is 1.84 bits per heavy atom. The topological polar surface area (TPSA) is 37.3 Å². The van der Waals surface area contributed by atoms with E-state index in [2.05, 4.69) is 50.3 Å². The molecule has 1 atom stereocenters. The molecule has 3 aromatic rings. The van der Waals surface area contributed by atoms with Crippen LogP contribution in [0.25, 0.3) is 16.6 Å². The Labute approximate surface area is 154 Å². The number of benzene rings is 2. The molecular weight excluding hydrogens is 378 g/mol. The van der Waals surface area contributed by atoms with Crippen LogP contribution in [0.4, 0.5) is 0 Å². The molecule has 0 unspecified atom stereocenters. The molecule has 4 rings (SSSR count). The number of halogens is 1. The number of hydrazine groups is 1. The number of aryl methyl sites for hydroxylation is 1. The highest BCUT2D eigenvalue weighted by Crippen LogP contribution is 2.36. The molecule has 2 aromatic carbocycles. The highest BCUT2D eigenvalue weighted by molar-refractivity contribution is 9.10. The van der Waals surface area contributed by atoms with E-state index in [1.807, 2.05) is 43.4 Å². The summed E-state index contributed by atoms with van der Waals surface area (Å²) >= 11 is 3.46. The number of nitrogens with one attached hydrogen (secondary N) is 1. The van der Waals surface area contributed by atoms with E-state index in [1.165, 1.54) is 0 Å². The molecule has 1 N–H and O–H groups in total. The molecule has 1 amide bonds. The minimum absolute atomic E-state index is 0.0127. The summed E-state index contributed by atoms with van der Waals surface area (Å²) in [6.45, 7) is 1.59. The molecule has 126 valence electrons. The van der Waals surface area contributed by atoms with E-state index in [9.17, 15) is 4.79 Å². The Kier molecular flexibility index (Phi) is 3.88. The summed E-state index contributed by atoms with van der Waals surface area (Å²) in [5, 5.41) is 2.86. The zero-order valence-electron chi connectivity index (χ0n) is 14.0. The molecule has 4 nitrogen and oxygen atoms in total. The number of amides is 1. The molecule has 25 heavy (non-hydrogen) atoms. The van der Waals surface area contributed by atoms with Crippen molar-refractivity contribution in [3.8, 4) is 0 Å². The summed E-state index contributed by atoms with van der Waals surface area (Å²) in [6.07, 6.45) is 4.22. The van der Waals surface area contributed by atoms with Crippen molar-refractivity contribution in [3.63, 3.8) is 0 Å². The number of carbonyl (C=O) groups excluding carboxylic acids is 1. The van der Waals surface area contributed by atoms with E-state index in [-0.39, 0.29) is 11.9 Å². The average Bonchev–Trinajstić information content (AvgIpc) is 3.18. The van der Waals surface area contributed by atoms with Gasteiger partial charge in [-0.15, -0.1) is 0 Å². The first-order chi connectivity index (χ1) is 12.0. The number of nitrogens with zero attached hydrogens (tertiary/aromatic N) is 2. The van der Waals surface area contributed by atoms with E-state index >= 15 is 0 Å². The predicted octanol–water partition coefficient (Wildman–Crippen LogP) is 4.39. The molecular formula is C20H18BrN3O. The molecule has 0 aliphatic carbocycles. The Balaban J connectivity index is 1.82. The Morgan fingerprint density at radius 1 is 1.12 bits per heavy atom. The van der Waals surface area contributed by atoms with Crippen LogP contribution < -0.4 is 5.43 Å². The molecule has 1 aliphatic rings. The van der Waals surface area contributed by atoms with Gasteiger partial charge in [0.2, 0.25) is 5.91 Å². The molecule has 5 heteroatoms. The van der Waals surface area contributed by atoms with E-state index in [1.54, 1.807) is 11.9 Å². The van der Waals surface area contributed by atoms with Crippen LogP contribution >= 0.6 is 15.9 Å². The molecule has 1 aliphatic heterocycles. The number of hydrogen-bond donors (Lipinski definition) is 1. The summed E-state index contributed by atoms with van der Waals surface area (Å²) in [7, 11) is 2.03. The minimum atomic E-state index is -0.137. The third-order valence-corrected chi connectivity index (χ3v) is 5.11. The summed E-state index contributed by atoms with van der Waals surface area (Å²) in [5.41, 5.74) is 7.54. The van der Waals surface area contributed by atoms with Gasteiger partial charge in [-0.25, -0.2) is 5.01 Å². The molecule has 0 saturated carbocycles. The highest BCUT2D eigenvalue weighted by Gasteiger charge is 2.30. The second kappa shape index (κ2) is 6.08.